The Bertz CT molecular complexity index is 721. The van der Waals surface area contributed by atoms with Crippen molar-refractivity contribution in [3.05, 3.63) is 59.4 Å². The van der Waals surface area contributed by atoms with Gasteiger partial charge in [0.1, 0.15) is 5.69 Å². The molecule has 0 bridgehead atoms. The molecule has 0 fully saturated rings. The van der Waals surface area contributed by atoms with Crippen molar-refractivity contribution < 1.29 is 14.3 Å². The number of hydrogen-bond donors (Lipinski definition) is 1. The van der Waals surface area contributed by atoms with Crippen molar-refractivity contribution in [1.82, 2.24) is 9.88 Å². The molecule has 1 N–H and O–H groups in total. The van der Waals surface area contributed by atoms with Crippen LogP contribution >= 0.6 is 0 Å². The molecule has 5 heteroatoms. The summed E-state index contributed by atoms with van der Waals surface area (Å²) in [6.45, 7) is -0.261. The van der Waals surface area contributed by atoms with Gasteiger partial charge in [-0.3, -0.25) is 4.79 Å². The number of aryl methyl sites for hydroxylation is 2. The van der Waals surface area contributed by atoms with Gasteiger partial charge < -0.3 is 14.6 Å². The number of esters is 1. The fourth-order valence-corrected chi connectivity index (χ4v) is 3.02. The van der Waals surface area contributed by atoms with Crippen LogP contribution in [0.3, 0.4) is 0 Å². The van der Waals surface area contributed by atoms with Crippen molar-refractivity contribution in [3.63, 3.8) is 0 Å². The Morgan fingerprint density at radius 3 is 2.87 bits per heavy atom. The monoisotopic (exact) mass is 312 g/mol. The van der Waals surface area contributed by atoms with Crippen LogP contribution in [0.2, 0.25) is 0 Å². The van der Waals surface area contributed by atoms with Gasteiger partial charge in [-0.2, -0.15) is 0 Å². The van der Waals surface area contributed by atoms with Gasteiger partial charge in [0.05, 0.1) is 6.04 Å². The van der Waals surface area contributed by atoms with Crippen molar-refractivity contribution in [2.24, 2.45) is 7.05 Å². The van der Waals surface area contributed by atoms with Gasteiger partial charge in [-0.1, -0.05) is 24.3 Å². The van der Waals surface area contributed by atoms with Crippen LogP contribution in [-0.2, 0) is 23.0 Å². The first-order valence-corrected chi connectivity index (χ1v) is 7.81. The second kappa shape index (κ2) is 6.69. The normalized spacial score (nSPS) is 16.5. The van der Waals surface area contributed by atoms with Gasteiger partial charge in [-0.05, 0) is 42.5 Å². The van der Waals surface area contributed by atoms with E-state index < -0.39 is 5.97 Å². The molecule has 23 heavy (non-hydrogen) atoms. The average molecular weight is 312 g/mol. The van der Waals surface area contributed by atoms with E-state index in [1.807, 2.05) is 12.1 Å². The summed E-state index contributed by atoms with van der Waals surface area (Å²) in [5, 5.41) is 2.97. The maximum atomic E-state index is 12.1. The zero-order valence-electron chi connectivity index (χ0n) is 13.1. The highest BCUT2D eigenvalue weighted by atomic mass is 16.5. The highest BCUT2D eigenvalue weighted by Crippen LogP contribution is 2.29. The Labute approximate surface area is 135 Å². The highest BCUT2D eigenvalue weighted by Gasteiger charge is 2.22. The summed E-state index contributed by atoms with van der Waals surface area (Å²) in [7, 11) is 1.76. The fourth-order valence-electron chi connectivity index (χ4n) is 3.02. The number of nitrogens with zero attached hydrogens (tertiary/aromatic N) is 1. The molecule has 120 valence electrons. The van der Waals surface area contributed by atoms with Crippen LogP contribution in [0.25, 0.3) is 0 Å². The van der Waals surface area contributed by atoms with Crippen molar-refractivity contribution >= 4 is 11.9 Å². The minimum atomic E-state index is -0.489. The number of carbonyl (C=O) groups excluding carboxylic acids is 2. The second-order valence-electron chi connectivity index (χ2n) is 5.79. The molecule has 1 aromatic carbocycles. The second-order valence-corrected chi connectivity index (χ2v) is 5.79. The zero-order chi connectivity index (χ0) is 16.2. The van der Waals surface area contributed by atoms with Crippen LogP contribution in [0.4, 0.5) is 0 Å². The van der Waals surface area contributed by atoms with E-state index in [-0.39, 0.29) is 18.6 Å². The molecular weight excluding hydrogens is 292 g/mol. The average Bonchev–Trinajstić information content (AvgIpc) is 2.99. The third-order valence-electron chi connectivity index (χ3n) is 4.19. The Balaban J connectivity index is 1.56. The highest BCUT2D eigenvalue weighted by molar-refractivity contribution is 5.90. The molecule has 0 saturated heterocycles. The van der Waals surface area contributed by atoms with Crippen LogP contribution in [0.5, 0.6) is 0 Å². The molecule has 0 radical (unpaired) electrons. The van der Waals surface area contributed by atoms with Crippen molar-refractivity contribution in [1.29, 1.82) is 0 Å². The molecule has 1 aliphatic carbocycles. The van der Waals surface area contributed by atoms with Gasteiger partial charge in [-0.25, -0.2) is 4.79 Å². The predicted molar refractivity (Wildman–Crippen MR) is 86.0 cm³/mol. The van der Waals surface area contributed by atoms with Crippen LogP contribution in [0.15, 0.2) is 42.6 Å². The van der Waals surface area contributed by atoms with Crippen LogP contribution < -0.4 is 5.32 Å². The van der Waals surface area contributed by atoms with Crippen molar-refractivity contribution in [2.45, 2.75) is 25.3 Å². The van der Waals surface area contributed by atoms with Gasteiger partial charge in [-0.15, -0.1) is 0 Å². The lowest BCUT2D eigenvalue weighted by atomic mass is 9.88. The number of nitrogens with one attached hydrogen (secondary N) is 1. The lowest BCUT2D eigenvalue weighted by Gasteiger charge is -2.26. The smallest absolute Gasteiger partial charge is 0.355 e. The summed E-state index contributed by atoms with van der Waals surface area (Å²) in [4.78, 5) is 24.0. The van der Waals surface area contributed by atoms with E-state index in [0.717, 1.165) is 19.3 Å². The maximum Gasteiger partial charge on any atom is 0.355 e. The molecule has 0 aliphatic heterocycles. The third kappa shape index (κ3) is 3.44. The largest absolute Gasteiger partial charge is 0.451 e. The van der Waals surface area contributed by atoms with E-state index in [9.17, 15) is 9.59 Å². The molecule has 0 unspecified atom stereocenters. The van der Waals surface area contributed by atoms with Gasteiger partial charge in [0.2, 0.25) is 0 Å². The summed E-state index contributed by atoms with van der Waals surface area (Å²) in [6.07, 6.45) is 4.76. The summed E-state index contributed by atoms with van der Waals surface area (Å²) >= 11 is 0. The first kappa shape index (κ1) is 15.3. The van der Waals surface area contributed by atoms with Gasteiger partial charge in [0.25, 0.3) is 5.91 Å². The Morgan fingerprint density at radius 2 is 2.09 bits per heavy atom. The molecule has 5 nitrogen and oxygen atoms in total. The first-order chi connectivity index (χ1) is 11.1. The number of benzene rings is 1. The molecule has 1 amide bonds. The SMILES string of the molecule is Cn1cccc1C(=O)OCC(=O)N[C@H]1CCCc2ccccc21. The third-order valence-corrected chi connectivity index (χ3v) is 4.19. The number of amides is 1. The van der Waals surface area contributed by atoms with Gasteiger partial charge in [0, 0.05) is 13.2 Å². The first-order valence-electron chi connectivity index (χ1n) is 7.81. The number of aromatic nitrogens is 1. The van der Waals surface area contributed by atoms with Gasteiger partial charge in [0.15, 0.2) is 6.61 Å². The fraction of sp³-hybridized carbons (Fsp3) is 0.333. The topological polar surface area (TPSA) is 60.3 Å². The van der Waals surface area contributed by atoms with Gasteiger partial charge >= 0.3 is 5.97 Å². The number of hydrogen-bond acceptors (Lipinski definition) is 3. The van der Waals surface area contributed by atoms with Crippen molar-refractivity contribution in [2.75, 3.05) is 6.61 Å². The summed E-state index contributed by atoms with van der Waals surface area (Å²) in [5.74, 6) is -0.758. The summed E-state index contributed by atoms with van der Waals surface area (Å²) in [6, 6.07) is 11.6. The number of carbonyl (C=O) groups is 2. The number of fused-ring (bicyclic) bond motifs is 1. The van der Waals surface area contributed by atoms with E-state index in [1.54, 1.807) is 29.9 Å². The van der Waals surface area contributed by atoms with Crippen LogP contribution in [0, 0.1) is 0 Å². The Hall–Kier alpha value is -2.56. The zero-order valence-corrected chi connectivity index (χ0v) is 13.1. The quantitative estimate of drug-likeness (QED) is 0.882. The molecule has 0 spiro atoms. The standard InChI is InChI=1S/C18H20N2O3/c1-20-11-5-10-16(20)18(22)23-12-17(21)19-15-9-4-7-13-6-2-3-8-14(13)15/h2-3,5-6,8,10-11,15H,4,7,9,12H2,1H3,(H,19,21)/t15-/m0/s1. The summed E-state index contributed by atoms with van der Waals surface area (Å²) in [5.41, 5.74) is 2.88. The van der Waals surface area contributed by atoms with Crippen LogP contribution in [-0.4, -0.2) is 23.1 Å². The predicted octanol–water partition coefficient (Wildman–Crippen LogP) is 2.38. The molecule has 1 aromatic heterocycles. The molecular formula is C18H20N2O3. The minimum absolute atomic E-state index is 0.00110. The van der Waals surface area contributed by atoms with E-state index in [1.165, 1.54) is 11.1 Å². The lowest BCUT2D eigenvalue weighted by molar-refractivity contribution is -0.125. The number of ether oxygens (including phenoxy) is 1. The molecule has 1 atom stereocenters. The van der Waals surface area contributed by atoms with E-state index in [0.29, 0.717) is 5.69 Å². The van der Waals surface area contributed by atoms with E-state index in [4.69, 9.17) is 4.74 Å². The Morgan fingerprint density at radius 1 is 1.26 bits per heavy atom. The minimum Gasteiger partial charge on any atom is -0.451 e. The molecule has 0 saturated carbocycles. The Kier molecular flexibility index (Phi) is 4.46. The molecule has 1 aliphatic rings. The van der Waals surface area contributed by atoms with E-state index >= 15 is 0 Å². The summed E-state index contributed by atoms with van der Waals surface area (Å²) < 4.78 is 6.75. The maximum absolute atomic E-state index is 12.1. The van der Waals surface area contributed by atoms with Crippen LogP contribution in [0.1, 0.15) is 40.5 Å². The molecule has 2 aromatic rings. The van der Waals surface area contributed by atoms with Crippen molar-refractivity contribution in [3.8, 4) is 0 Å². The number of rotatable bonds is 4. The molecule has 3 rings (SSSR count). The molecule has 1 heterocycles. The van der Waals surface area contributed by atoms with E-state index in [2.05, 4.69) is 17.4 Å². The lowest BCUT2D eigenvalue weighted by Crippen LogP contribution is -2.34.